The highest BCUT2D eigenvalue weighted by molar-refractivity contribution is 5.52. The molecule has 19 heavy (non-hydrogen) atoms. The van der Waals surface area contributed by atoms with Crippen molar-refractivity contribution in [2.24, 2.45) is 0 Å². The topological polar surface area (TPSA) is 54.3 Å². The van der Waals surface area contributed by atoms with E-state index in [1.54, 1.807) is 14.2 Å². The van der Waals surface area contributed by atoms with Crippen molar-refractivity contribution in [3.63, 3.8) is 0 Å². The van der Waals surface area contributed by atoms with Gasteiger partial charge in [0.15, 0.2) is 0 Å². The van der Waals surface area contributed by atoms with Crippen molar-refractivity contribution in [2.75, 3.05) is 27.3 Å². The molecule has 1 fully saturated rings. The Morgan fingerprint density at radius 3 is 2.32 bits per heavy atom. The Morgan fingerprint density at radius 1 is 1.16 bits per heavy atom. The van der Waals surface area contributed by atoms with Crippen LogP contribution in [0.25, 0.3) is 0 Å². The van der Waals surface area contributed by atoms with E-state index in [0.717, 1.165) is 48.6 Å². The second-order valence-corrected chi connectivity index (χ2v) is 4.97. The number of ether oxygens (including phenoxy) is 2. The predicted octanol–water partition coefficient (Wildman–Crippen LogP) is 2.16. The highest BCUT2D eigenvalue weighted by Gasteiger charge is 2.37. The molecule has 1 aliphatic heterocycles. The molecule has 1 aromatic rings. The van der Waals surface area contributed by atoms with Gasteiger partial charge < -0.3 is 14.8 Å². The second-order valence-electron chi connectivity index (χ2n) is 4.97. The lowest BCUT2D eigenvalue weighted by Crippen LogP contribution is -2.39. The number of methoxy groups -OCH3 is 2. The summed E-state index contributed by atoms with van der Waals surface area (Å²) >= 11 is 0. The zero-order valence-electron chi connectivity index (χ0n) is 11.7. The Hall–Kier alpha value is -1.73. The number of nitrogens with zero attached hydrogens (tertiary/aromatic N) is 1. The molecule has 1 saturated heterocycles. The molecule has 0 atom stereocenters. The van der Waals surface area contributed by atoms with Gasteiger partial charge >= 0.3 is 0 Å². The molecule has 0 radical (unpaired) electrons. The number of nitrogens with one attached hydrogen (secondary N) is 1. The maximum absolute atomic E-state index is 9.67. The fraction of sp³-hybridized carbons (Fsp3) is 0.533. The average Bonchev–Trinajstić information content (AvgIpc) is 2.47. The molecular weight excluding hydrogens is 240 g/mol. The molecule has 102 valence electrons. The summed E-state index contributed by atoms with van der Waals surface area (Å²) in [6.07, 6.45) is 1.60. The monoisotopic (exact) mass is 260 g/mol. The molecule has 4 heteroatoms. The maximum atomic E-state index is 9.67. The van der Waals surface area contributed by atoms with Crippen molar-refractivity contribution < 1.29 is 9.47 Å². The Morgan fingerprint density at radius 2 is 1.79 bits per heavy atom. The molecule has 1 N–H and O–H groups in total. The summed E-state index contributed by atoms with van der Waals surface area (Å²) in [5, 5.41) is 13.0. The van der Waals surface area contributed by atoms with E-state index in [1.165, 1.54) is 0 Å². The quantitative estimate of drug-likeness (QED) is 0.905. The van der Waals surface area contributed by atoms with Crippen molar-refractivity contribution in [1.82, 2.24) is 5.32 Å². The van der Waals surface area contributed by atoms with Crippen LogP contribution >= 0.6 is 0 Å². The first kappa shape index (κ1) is 13.7. The average molecular weight is 260 g/mol. The van der Waals surface area contributed by atoms with E-state index in [0.29, 0.717) is 0 Å². The van der Waals surface area contributed by atoms with Gasteiger partial charge in [-0.3, -0.25) is 0 Å². The van der Waals surface area contributed by atoms with Crippen LogP contribution < -0.4 is 14.8 Å². The zero-order chi connectivity index (χ0) is 13.9. The van der Waals surface area contributed by atoms with Gasteiger partial charge in [-0.2, -0.15) is 5.26 Å². The van der Waals surface area contributed by atoms with Crippen LogP contribution in [0.2, 0.25) is 0 Å². The van der Waals surface area contributed by atoms with Crippen LogP contribution in [-0.2, 0) is 5.41 Å². The zero-order valence-corrected chi connectivity index (χ0v) is 11.7. The lowest BCUT2D eigenvalue weighted by molar-refractivity contribution is 0.348. The molecule has 0 spiro atoms. The van der Waals surface area contributed by atoms with Gasteiger partial charge in [0.2, 0.25) is 0 Å². The van der Waals surface area contributed by atoms with Crippen LogP contribution in [0.15, 0.2) is 12.1 Å². The SMILES string of the molecule is COc1cc(C2(C#N)CCNCC2)c(OC)cc1C. The Bertz CT molecular complexity index is 500. The molecule has 0 unspecified atom stereocenters. The van der Waals surface area contributed by atoms with Crippen molar-refractivity contribution in [3.05, 3.63) is 23.3 Å². The number of benzene rings is 1. The van der Waals surface area contributed by atoms with E-state index in [2.05, 4.69) is 11.4 Å². The Labute approximate surface area is 114 Å². The normalized spacial score (nSPS) is 17.6. The lowest BCUT2D eigenvalue weighted by Gasteiger charge is -2.33. The molecular formula is C15H20N2O2. The molecule has 0 amide bonds. The molecule has 0 aliphatic carbocycles. The first-order chi connectivity index (χ1) is 9.16. The summed E-state index contributed by atoms with van der Waals surface area (Å²) < 4.78 is 10.9. The summed E-state index contributed by atoms with van der Waals surface area (Å²) in [4.78, 5) is 0. The molecule has 1 heterocycles. The van der Waals surface area contributed by atoms with Crippen LogP contribution in [0.3, 0.4) is 0 Å². The minimum atomic E-state index is -0.475. The predicted molar refractivity (Wildman–Crippen MR) is 73.7 cm³/mol. The minimum absolute atomic E-state index is 0.475. The largest absolute Gasteiger partial charge is 0.496 e. The highest BCUT2D eigenvalue weighted by atomic mass is 16.5. The summed E-state index contributed by atoms with van der Waals surface area (Å²) in [7, 11) is 3.30. The fourth-order valence-electron chi connectivity index (χ4n) is 2.72. The number of hydrogen-bond acceptors (Lipinski definition) is 4. The van der Waals surface area contributed by atoms with E-state index in [9.17, 15) is 5.26 Å². The van der Waals surface area contributed by atoms with Gasteiger partial charge in [-0.15, -0.1) is 0 Å². The first-order valence-electron chi connectivity index (χ1n) is 6.52. The smallest absolute Gasteiger partial charge is 0.124 e. The number of piperidine rings is 1. The van der Waals surface area contributed by atoms with Crippen molar-refractivity contribution in [1.29, 1.82) is 5.26 Å². The summed E-state index contributed by atoms with van der Waals surface area (Å²) in [5.74, 6) is 1.59. The second kappa shape index (κ2) is 5.50. The maximum Gasteiger partial charge on any atom is 0.124 e. The number of nitriles is 1. The van der Waals surface area contributed by atoms with Gasteiger partial charge in [0.05, 0.1) is 25.7 Å². The summed E-state index contributed by atoms with van der Waals surface area (Å²) in [6, 6.07) is 6.42. The number of aryl methyl sites for hydroxylation is 1. The summed E-state index contributed by atoms with van der Waals surface area (Å²) in [6.45, 7) is 3.69. The van der Waals surface area contributed by atoms with Crippen LogP contribution in [0, 0.1) is 18.3 Å². The minimum Gasteiger partial charge on any atom is -0.496 e. The third-order valence-corrected chi connectivity index (χ3v) is 3.90. The van der Waals surface area contributed by atoms with E-state index in [1.807, 2.05) is 19.1 Å². The molecule has 4 nitrogen and oxygen atoms in total. The van der Waals surface area contributed by atoms with E-state index >= 15 is 0 Å². The third kappa shape index (κ3) is 2.39. The van der Waals surface area contributed by atoms with Gasteiger partial charge in [-0.05, 0) is 50.6 Å². The molecule has 0 bridgehead atoms. The molecule has 1 aromatic carbocycles. The first-order valence-corrected chi connectivity index (χ1v) is 6.52. The Kier molecular flexibility index (Phi) is 3.96. The fourth-order valence-corrected chi connectivity index (χ4v) is 2.72. The van der Waals surface area contributed by atoms with E-state index in [4.69, 9.17) is 9.47 Å². The summed E-state index contributed by atoms with van der Waals surface area (Å²) in [5.41, 5.74) is 1.49. The standard InChI is InChI=1S/C15H20N2O2/c1-11-8-14(19-3)12(9-13(11)18-2)15(10-16)4-6-17-7-5-15/h8-9,17H,4-7H2,1-3H3. The van der Waals surface area contributed by atoms with Gasteiger partial charge in [0.25, 0.3) is 0 Å². The number of rotatable bonds is 3. The van der Waals surface area contributed by atoms with Crippen LogP contribution in [0.1, 0.15) is 24.0 Å². The van der Waals surface area contributed by atoms with Crippen molar-refractivity contribution in [3.8, 4) is 17.6 Å². The van der Waals surface area contributed by atoms with Crippen LogP contribution in [-0.4, -0.2) is 27.3 Å². The van der Waals surface area contributed by atoms with Gasteiger partial charge in [-0.25, -0.2) is 0 Å². The van der Waals surface area contributed by atoms with E-state index in [-0.39, 0.29) is 0 Å². The number of hydrogen-bond donors (Lipinski definition) is 1. The van der Waals surface area contributed by atoms with Gasteiger partial charge in [-0.1, -0.05) is 0 Å². The van der Waals surface area contributed by atoms with Crippen LogP contribution in [0.4, 0.5) is 0 Å². The molecule has 0 aromatic heterocycles. The van der Waals surface area contributed by atoms with Crippen molar-refractivity contribution >= 4 is 0 Å². The highest BCUT2D eigenvalue weighted by Crippen LogP contribution is 2.41. The van der Waals surface area contributed by atoms with E-state index < -0.39 is 5.41 Å². The molecule has 0 saturated carbocycles. The van der Waals surface area contributed by atoms with Crippen LogP contribution in [0.5, 0.6) is 11.5 Å². The van der Waals surface area contributed by atoms with Crippen molar-refractivity contribution in [2.45, 2.75) is 25.2 Å². The lowest BCUT2D eigenvalue weighted by atomic mass is 9.74. The van der Waals surface area contributed by atoms with Gasteiger partial charge in [0, 0.05) is 5.56 Å². The van der Waals surface area contributed by atoms with Gasteiger partial charge in [0.1, 0.15) is 11.5 Å². The molecule has 2 rings (SSSR count). The third-order valence-electron chi connectivity index (χ3n) is 3.90. The molecule has 1 aliphatic rings. The Balaban J connectivity index is 2.55.